The van der Waals surface area contributed by atoms with Gasteiger partial charge in [0.15, 0.2) is 0 Å². The van der Waals surface area contributed by atoms with Gasteiger partial charge in [0.05, 0.1) is 12.4 Å². The molecule has 0 fully saturated rings. The fourth-order valence-corrected chi connectivity index (χ4v) is 1.67. The van der Waals surface area contributed by atoms with Crippen molar-refractivity contribution < 1.29 is 9.18 Å². The third kappa shape index (κ3) is 3.16. The maximum Gasteiger partial charge on any atom is 0.240 e. The van der Waals surface area contributed by atoms with Crippen LogP contribution in [0.25, 0.3) is 0 Å². The first-order chi connectivity index (χ1) is 8.65. The number of nitrogens with zero attached hydrogens (tertiary/aromatic N) is 2. The molecule has 94 valence electrons. The van der Waals surface area contributed by atoms with Gasteiger partial charge >= 0.3 is 0 Å². The van der Waals surface area contributed by atoms with Crippen molar-refractivity contribution >= 4 is 5.91 Å². The van der Waals surface area contributed by atoms with Crippen molar-refractivity contribution in [1.82, 2.24) is 14.9 Å². The average molecular weight is 247 g/mol. The van der Waals surface area contributed by atoms with Gasteiger partial charge in [-0.05, 0) is 24.6 Å². The molecule has 0 radical (unpaired) electrons. The highest BCUT2D eigenvalue weighted by atomic mass is 19.1. The SMILES string of the molecule is C[C@H](NC(=O)Cn1ccnc1)c1ccc(F)cc1. The zero-order valence-electron chi connectivity index (χ0n) is 10.0. The number of hydrogen-bond acceptors (Lipinski definition) is 2. The maximum absolute atomic E-state index is 12.8. The predicted octanol–water partition coefficient (Wildman–Crippen LogP) is 1.90. The largest absolute Gasteiger partial charge is 0.348 e. The Kier molecular flexibility index (Phi) is 3.72. The lowest BCUT2D eigenvalue weighted by atomic mass is 10.1. The molecule has 18 heavy (non-hydrogen) atoms. The molecule has 1 aromatic carbocycles. The topological polar surface area (TPSA) is 46.9 Å². The van der Waals surface area contributed by atoms with Crippen LogP contribution in [-0.4, -0.2) is 15.5 Å². The minimum absolute atomic E-state index is 0.107. The van der Waals surface area contributed by atoms with E-state index in [1.165, 1.54) is 12.1 Å². The van der Waals surface area contributed by atoms with Crippen molar-refractivity contribution in [3.63, 3.8) is 0 Å². The Morgan fingerprint density at radius 1 is 1.44 bits per heavy atom. The molecule has 0 unspecified atom stereocenters. The third-order valence-corrected chi connectivity index (χ3v) is 2.63. The van der Waals surface area contributed by atoms with Gasteiger partial charge in [0, 0.05) is 12.4 Å². The smallest absolute Gasteiger partial charge is 0.240 e. The van der Waals surface area contributed by atoms with Gasteiger partial charge in [0.25, 0.3) is 0 Å². The van der Waals surface area contributed by atoms with Gasteiger partial charge < -0.3 is 9.88 Å². The summed E-state index contributed by atoms with van der Waals surface area (Å²) >= 11 is 0. The standard InChI is InChI=1S/C13H14FN3O/c1-10(11-2-4-12(14)5-3-11)16-13(18)8-17-7-6-15-9-17/h2-7,9-10H,8H2,1H3,(H,16,18)/t10-/m0/s1. The highest BCUT2D eigenvalue weighted by Crippen LogP contribution is 2.12. The lowest BCUT2D eigenvalue weighted by molar-refractivity contribution is -0.122. The molecular weight excluding hydrogens is 233 g/mol. The van der Waals surface area contributed by atoms with E-state index in [0.717, 1.165) is 5.56 Å². The Bertz CT molecular complexity index is 508. The van der Waals surface area contributed by atoms with Crippen LogP contribution in [-0.2, 0) is 11.3 Å². The number of halogens is 1. The Morgan fingerprint density at radius 2 is 2.17 bits per heavy atom. The van der Waals surface area contributed by atoms with Crippen molar-refractivity contribution in [2.45, 2.75) is 19.5 Å². The quantitative estimate of drug-likeness (QED) is 0.897. The second-order valence-corrected chi connectivity index (χ2v) is 4.08. The molecule has 1 atom stereocenters. The second kappa shape index (κ2) is 5.44. The van der Waals surface area contributed by atoms with Crippen molar-refractivity contribution in [2.24, 2.45) is 0 Å². The summed E-state index contributed by atoms with van der Waals surface area (Å²) in [4.78, 5) is 15.6. The fourth-order valence-electron chi connectivity index (χ4n) is 1.67. The summed E-state index contributed by atoms with van der Waals surface area (Å²) in [6, 6.07) is 5.94. The van der Waals surface area contributed by atoms with E-state index in [1.54, 1.807) is 35.4 Å². The van der Waals surface area contributed by atoms with Crippen LogP contribution in [0.1, 0.15) is 18.5 Å². The molecule has 4 nitrogen and oxygen atoms in total. The van der Waals surface area contributed by atoms with Gasteiger partial charge in [-0.1, -0.05) is 12.1 Å². The van der Waals surface area contributed by atoms with E-state index >= 15 is 0 Å². The van der Waals surface area contributed by atoms with Crippen LogP contribution in [0.5, 0.6) is 0 Å². The van der Waals surface area contributed by atoms with Crippen molar-refractivity contribution in [2.75, 3.05) is 0 Å². The number of carbonyl (C=O) groups excluding carboxylic acids is 1. The van der Waals surface area contributed by atoms with E-state index in [4.69, 9.17) is 0 Å². The predicted molar refractivity (Wildman–Crippen MR) is 65.2 cm³/mol. The lowest BCUT2D eigenvalue weighted by Gasteiger charge is -2.14. The Hall–Kier alpha value is -2.17. The van der Waals surface area contributed by atoms with E-state index in [2.05, 4.69) is 10.3 Å². The molecule has 0 saturated heterocycles. The average Bonchev–Trinajstić information content (AvgIpc) is 2.82. The van der Waals surface area contributed by atoms with Gasteiger partial charge in [-0.2, -0.15) is 0 Å². The summed E-state index contributed by atoms with van der Waals surface area (Å²) < 4.78 is 14.5. The zero-order chi connectivity index (χ0) is 13.0. The number of amides is 1. The summed E-state index contributed by atoms with van der Waals surface area (Å²) in [6.45, 7) is 2.09. The summed E-state index contributed by atoms with van der Waals surface area (Å²) in [7, 11) is 0. The van der Waals surface area contributed by atoms with E-state index in [-0.39, 0.29) is 24.3 Å². The van der Waals surface area contributed by atoms with Crippen molar-refractivity contribution in [3.8, 4) is 0 Å². The minimum atomic E-state index is -0.282. The number of carbonyl (C=O) groups is 1. The highest BCUT2D eigenvalue weighted by Gasteiger charge is 2.09. The number of benzene rings is 1. The first kappa shape index (κ1) is 12.3. The monoisotopic (exact) mass is 247 g/mol. The molecular formula is C13H14FN3O. The molecule has 0 saturated carbocycles. The van der Waals surface area contributed by atoms with Crippen molar-refractivity contribution in [3.05, 3.63) is 54.4 Å². The molecule has 1 aromatic heterocycles. The third-order valence-electron chi connectivity index (χ3n) is 2.63. The van der Waals surface area contributed by atoms with Crippen LogP contribution in [0, 0.1) is 5.82 Å². The molecule has 2 aromatic rings. The van der Waals surface area contributed by atoms with E-state index in [0.29, 0.717) is 0 Å². The van der Waals surface area contributed by atoms with Gasteiger partial charge in [-0.15, -0.1) is 0 Å². The maximum atomic E-state index is 12.8. The number of nitrogens with one attached hydrogen (secondary N) is 1. The van der Waals surface area contributed by atoms with Gasteiger partial charge in [-0.3, -0.25) is 4.79 Å². The van der Waals surface area contributed by atoms with E-state index in [9.17, 15) is 9.18 Å². The first-order valence-corrected chi connectivity index (χ1v) is 5.66. The number of aromatic nitrogens is 2. The van der Waals surface area contributed by atoms with Crippen LogP contribution in [0.15, 0.2) is 43.0 Å². The molecule has 0 bridgehead atoms. The van der Waals surface area contributed by atoms with Gasteiger partial charge in [0.2, 0.25) is 5.91 Å². The molecule has 0 spiro atoms. The second-order valence-electron chi connectivity index (χ2n) is 4.08. The van der Waals surface area contributed by atoms with Crippen LogP contribution >= 0.6 is 0 Å². The molecule has 1 heterocycles. The molecule has 1 N–H and O–H groups in total. The first-order valence-electron chi connectivity index (χ1n) is 5.66. The summed E-state index contributed by atoms with van der Waals surface area (Å²) in [5.74, 6) is -0.388. The van der Waals surface area contributed by atoms with Crippen LogP contribution in [0.4, 0.5) is 4.39 Å². The molecule has 0 aliphatic rings. The number of imidazole rings is 1. The van der Waals surface area contributed by atoms with Crippen LogP contribution < -0.4 is 5.32 Å². The summed E-state index contributed by atoms with van der Waals surface area (Å²) in [5, 5.41) is 2.84. The fraction of sp³-hybridized carbons (Fsp3) is 0.231. The molecule has 1 amide bonds. The van der Waals surface area contributed by atoms with E-state index < -0.39 is 0 Å². The Balaban J connectivity index is 1.92. The van der Waals surface area contributed by atoms with Gasteiger partial charge in [-0.25, -0.2) is 9.37 Å². The molecule has 5 heteroatoms. The molecule has 0 aliphatic carbocycles. The minimum Gasteiger partial charge on any atom is -0.348 e. The van der Waals surface area contributed by atoms with Gasteiger partial charge in [0.1, 0.15) is 12.4 Å². The number of hydrogen-bond donors (Lipinski definition) is 1. The molecule has 0 aliphatic heterocycles. The highest BCUT2D eigenvalue weighted by molar-refractivity contribution is 5.76. The normalized spacial score (nSPS) is 12.1. The zero-order valence-corrected chi connectivity index (χ0v) is 10.0. The molecule has 2 rings (SSSR count). The Labute approximate surface area is 104 Å². The van der Waals surface area contributed by atoms with Crippen LogP contribution in [0.3, 0.4) is 0 Å². The lowest BCUT2D eigenvalue weighted by Crippen LogP contribution is -2.29. The Morgan fingerprint density at radius 3 is 2.78 bits per heavy atom. The summed E-state index contributed by atoms with van der Waals surface area (Å²) in [6.07, 6.45) is 4.93. The number of rotatable bonds is 4. The van der Waals surface area contributed by atoms with E-state index in [1.807, 2.05) is 6.92 Å². The van der Waals surface area contributed by atoms with Crippen LogP contribution in [0.2, 0.25) is 0 Å². The summed E-state index contributed by atoms with van der Waals surface area (Å²) in [5.41, 5.74) is 0.871. The van der Waals surface area contributed by atoms with Crippen molar-refractivity contribution in [1.29, 1.82) is 0 Å².